The van der Waals surface area contributed by atoms with Crippen LogP contribution in [0, 0.1) is 41.4 Å². The van der Waals surface area contributed by atoms with Crippen molar-refractivity contribution in [1.82, 2.24) is 0 Å². The maximum atomic E-state index is 2.53. The molecule has 4 unspecified atom stereocenters. The molecule has 2 aromatic carbocycles. The van der Waals surface area contributed by atoms with E-state index in [9.17, 15) is 0 Å². The number of hydrogen-bond donors (Lipinski definition) is 0. The van der Waals surface area contributed by atoms with Gasteiger partial charge in [-0.15, -0.1) is 0 Å². The van der Waals surface area contributed by atoms with E-state index in [2.05, 4.69) is 96.2 Å². The molecule has 5 atom stereocenters. The Hall–Kier alpha value is -1.82. The van der Waals surface area contributed by atoms with Crippen molar-refractivity contribution in [3.8, 4) is 0 Å². The summed E-state index contributed by atoms with van der Waals surface area (Å²) in [6.45, 7) is 14.7. The van der Waals surface area contributed by atoms with E-state index in [0.717, 1.165) is 35.5 Å². The van der Waals surface area contributed by atoms with Gasteiger partial charge in [0.25, 0.3) is 0 Å². The third kappa shape index (κ3) is 8.87. The number of benzene rings is 2. The fraction of sp³-hybridized carbons (Fsp3) is 0.622. The van der Waals surface area contributed by atoms with E-state index in [4.69, 9.17) is 0 Å². The van der Waals surface area contributed by atoms with Gasteiger partial charge in [0.15, 0.2) is 0 Å². The van der Waals surface area contributed by atoms with Crippen molar-refractivity contribution < 1.29 is 0 Å². The van der Waals surface area contributed by atoms with Crippen LogP contribution in [0.3, 0.4) is 0 Å². The molecule has 0 nitrogen and oxygen atoms in total. The van der Waals surface area contributed by atoms with Gasteiger partial charge in [-0.3, -0.25) is 0 Å². The Morgan fingerprint density at radius 2 is 1.16 bits per heavy atom. The van der Waals surface area contributed by atoms with Crippen LogP contribution in [0.25, 0.3) is 12.2 Å². The van der Waals surface area contributed by atoms with Gasteiger partial charge in [0.05, 0.1) is 0 Å². The van der Waals surface area contributed by atoms with E-state index in [0.29, 0.717) is 5.92 Å². The molecule has 0 aliphatic heterocycles. The molecule has 202 valence electrons. The second kappa shape index (κ2) is 13.3. The van der Waals surface area contributed by atoms with Crippen LogP contribution in [0.1, 0.15) is 114 Å². The minimum atomic E-state index is 0.695. The number of rotatable bonds is 15. The highest BCUT2D eigenvalue weighted by atomic mass is 14.3. The van der Waals surface area contributed by atoms with Gasteiger partial charge in [-0.2, -0.15) is 0 Å². The van der Waals surface area contributed by atoms with E-state index in [1.165, 1.54) is 86.5 Å². The van der Waals surface area contributed by atoms with E-state index < -0.39 is 0 Å². The second-order valence-corrected chi connectivity index (χ2v) is 13.3. The molecule has 2 aromatic rings. The molecular formula is C37H54. The lowest BCUT2D eigenvalue weighted by Gasteiger charge is -2.33. The standard InChI is InChI=1S/C37H54/c1-7-26(2)28(4)30(6)29(5)27(3)22-37-24-35(23-36(25-37)21-19-34-16-17-34)20-18-33-14-12-32(13-15-33)11-10-31-8-9-31/h12-15,18,20,23-31,34H,7-11,16-17,19,21-22H2,1-6H3/b20-18+/t26?,27-,28?,29?,30?/m0/s1. The zero-order chi connectivity index (χ0) is 26.4. The molecule has 0 radical (unpaired) electrons. The topological polar surface area (TPSA) is 0 Å². The van der Waals surface area contributed by atoms with Gasteiger partial charge in [0.2, 0.25) is 0 Å². The highest BCUT2D eigenvalue weighted by Gasteiger charge is 2.27. The fourth-order valence-corrected chi connectivity index (χ4v) is 6.14. The average Bonchev–Trinajstić information content (AvgIpc) is 3.83. The molecular weight excluding hydrogens is 444 g/mol. The predicted octanol–water partition coefficient (Wildman–Crippen LogP) is 10.7. The van der Waals surface area contributed by atoms with Crippen LogP contribution in [0.2, 0.25) is 0 Å². The molecule has 2 saturated carbocycles. The summed E-state index contributed by atoms with van der Waals surface area (Å²) in [5, 5.41) is 0. The Labute approximate surface area is 229 Å². The van der Waals surface area contributed by atoms with Gasteiger partial charge in [0.1, 0.15) is 0 Å². The Morgan fingerprint density at radius 3 is 1.76 bits per heavy atom. The zero-order valence-electron chi connectivity index (χ0n) is 24.8. The summed E-state index contributed by atoms with van der Waals surface area (Å²) in [7, 11) is 0. The van der Waals surface area contributed by atoms with Gasteiger partial charge in [0, 0.05) is 0 Å². The lowest BCUT2D eigenvalue weighted by molar-refractivity contribution is 0.166. The van der Waals surface area contributed by atoms with Crippen LogP contribution in [0.5, 0.6) is 0 Å². The van der Waals surface area contributed by atoms with Crippen LogP contribution in [-0.2, 0) is 19.3 Å². The third-order valence-corrected chi connectivity index (χ3v) is 10.3. The van der Waals surface area contributed by atoms with E-state index in [1.807, 2.05) is 0 Å². The zero-order valence-corrected chi connectivity index (χ0v) is 24.8. The highest BCUT2D eigenvalue weighted by Crippen LogP contribution is 2.36. The summed E-state index contributed by atoms with van der Waals surface area (Å²) < 4.78 is 0. The molecule has 0 heteroatoms. The SMILES string of the molecule is CCC(C)C(C)C(C)C(C)[C@@H](C)Cc1cc(/C=C/c2ccc(CCC3CC3)cc2)cc(CCC2CC2)c1. The van der Waals surface area contributed by atoms with E-state index >= 15 is 0 Å². The lowest BCUT2D eigenvalue weighted by Crippen LogP contribution is -2.27. The van der Waals surface area contributed by atoms with E-state index in [-0.39, 0.29) is 0 Å². The Morgan fingerprint density at radius 1 is 0.622 bits per heavy atom. The molecule has 0 spiro atoms. The average molecular weight is 499 g/mol. The lowest BCUT2D eigenvalue weighted by atomic mass is 9.72. The van der Waals surface area contributed by atoms with Crippen LogP contribution in [-0.4, -0.2) is 0 Å². The van der Waals surface area contributed by atoms with Crippen molar-refractivity contribution in [2.45, 2.75) is 106 Å². The summed E-state index contributed by atoms with van der Waals surface area (Å²) in [5.41, 5.74) is 7.26. The van der Waals surface area contributed by atoms with Gasteiger partial charge >= 0.3 is 0 Å². The first-order chi connectivity index (χ1) is 17.8. The van der Waals surface area contributed by atoms with Crippen LogP contribution in [0.4, 0.5) is 0 Å². The normalized spacial score (nSPS) is 20.1. The predicted molar refractivity (Wildman–Crippen MR) is 164 cm³/mol. The van der Waals surface area contributed by atoms with Gasteiger partial charge < -0.3 is 0 Å². The molecule has 4 rings (SSSR count). The Bertz CT molecular complexity index is 987. The molecule has 2 aliphatic carbocycles. The minimum absolute atomic E-state index is 0.695. The Balaban J connectivity index is 1.43. The van der Waals surface area contributed by atoms with E-state index in [1.54, 1.807) is 5.56 Å². The smallest absolute Gasteiger partial charge is 0.0250 e. The van der Waals surface area contributed by atoms with Crippen molar-refractivity contribution in [3.05, 3.63) is 70.3 Å². The number of aryl methyl sites for hydroxylation is 2. The molecule has 0 bridgehead atoms. The Kier molecular flexibility index (Phi) is 10.1. The first-order valence-corrected chi connectivity index (χ1v) is 15.7. The molecule has 0 saturated heterocycles. The van der Waals surface area contributed by atoms with Crippen molar-refractivity contribution in [2.75, 3.05) is 0 Å². The fourth-order valence-electron chi connectivity index (χ4n) is 6.14. The molecule has 0 aromatic heterocycles. The molecule has 0 amide bonds. The molecule has 2 fully saturated rings. The first-order valence-electron chi connectivity index (χ1n) is 15.7. The summed E-state index contributed by atoms with van der Waals surface area (Å²) in [5.74, 6) is 5.78. The maximum Gasteiger partial charge on any atom is -0.0250 e. The molecule has 2 aliphatic rings. The van der Waals surface area contributed by atoms with Gasteiger partial charge in [-0.25, -0.2) is 0 Å². The molecule has 37 heavy (non-hydrogen) atoms. The monoisotopic (exact) mass is 498 g/mol. The van der Waals surface area contributed by atoms with Crippen LogP contribution < -0.4 is 0 Å². The van der Waals surface area contributed by atoms with Crippen molar-refractivity contribution in [1.29, 1.82) is 0 Å². The largest absolute Gasteiger partial charge is 0.0651 e. The summed E-state index contributed by atoms with van der Waals surface area (Å²) in [6.07, 6.45) is 18.2. The summed E-state index contributed by atoms with van der Waals surface area (Å²) >= 11 is 0. The van der Waals surface area contributed by atoms with Gasteiger partial charge in [-0.05, 0) is 101 Å². The van der Waals surface area contributed by atoms with Crippen molar-refractivity contribution >= 4 is 12.2 Å². The van der Waals surface area contributed by atoms with Crippen molar-refractivity contribution in [2.24, 2.45) is 41.4 Å². The molecule has 0 N–H and O–H groups in total. The van der Waals surface area contributed by atoms with Crippen molar-refractivity contribution in [3.63, 3.8) is 0 Å². The van der Waals surface area contributed by atoms with Crippen LogP contribution >= 0.6 is 0 Å². The van der Waals surface area contributed by atoms with Gasteiger partial charge in [-0.1, -0.05) is 128 Å². The summed E-state index contributed by atoms with van der Waals surface area (Å²) in [6, 6.07) is 16.7. The summed E-state index contributed by atoms with van der Waals surface area (Å²) in [4.78, 5) is 0. The minimum Gasteiger partial charge on any atom is -0.0651 e. The van der Waals surface area contributed by atoms with Crippen LogP contribution in [0.15, 0.2) is 42.5 Å². The molecule has 0 heterocycles. The second-order valence-electron chi connectivity index (χ2n) is 13.3. The third-order valence-electron chi connectivity index (χ3n) is 10.3. The number of hydrogen-bond acceptors (Lipinski definition) is 0. The maximum absolute atomic E-state index is 2.53. The highest BCUT2D eigenvalue weighted by molar-refractivity contribution is 5.70. The first kappa shape index (κ1) is 28.2. The quantitative estimate of drug-likeness (QED) is 0.214.